The average molecular weight is 539 g/mol. The highest BCUT2D eigenvalue weighted by atomic mass is 127. The van der Waals surface area contributed by atoms with Gasteiger partial charge in [-0.05, 0) is 26.8 Å². The summed E-state index contributed by atoms with van der Waals surface area (Å²) in [5.41, 5.74) is -0.165. The Morgan fingerprint density at radius 2 is 1.97 bits per heavy atom. The number of nitro groups is 1. The fourth-order valence-electron chi connectivity index (χ4n) is 2.98. The topological polar surface area (TPSA) is 117 Å². The summed E-state index contributed by atoms with van der Waals surface area (Å²) in [7, 11) is -3.84. The van der Waals surface area contributed by atoms with Gasteiger partial charge in [0.05, 0.1) is 16.4 Å². The third-order valence-corrected chi connectivity index (χ3v) is 6.94. The molecule has 0 radical (unpaired) electrons. The van der Waals surface area contributed by atoms with Gasteiger partial charge in [0.2, 0.25) is 10.0 Å². The number of nitrogens with zero attached hydrogens (tertiary/aromatic N) is 3. The molecule has 2 N–H and O–H groups in total. The smallest absolute Gasteiger partial charge is 0.270 e. The van der Waals surface area contributed by atoms with E-state index in [1.165, 1.54) is 18.2 Å². The minimum absolute atomic E-state index is 0. The van der Waals surface area contributed by atoms with Crippen LogP contribution in [0.25, 0.3) is 0 Å². The van der Waals surface area contributed by atoms with E-state index in [1.807, 2.05) is 6.92 Å². The highest BCUT2D eigenvalue weighted by Gasteiger charge is 2.53. The zero-order chi connectivity index (χ0) is 21.2. The van der Waals surface area contributed by atoms with Crippen molar-refractivity contribution in [2.75, 3.05) is 26.2 Å². The maximum Gasteiger partial charge on any atom is 0.270 e. The van der Waals surface area contributed by atoms with Crippen molar-refractivity contribution in [3.8, 4) is 0 Å². The van der Waals surface area contributed by atoms with Gasteiger partial charge in [-0.15, -0.1) is 24.0 Å². The van der Waals surface area contributed by atoms with E-state index in [0.717, 1.165) is 18.6 Å². The SMILES string of the molecule is CCNC(=NCCNS(=O)(=O)c1cccc([N+](=O)[O-])c1)N1CC(C)(C)C1(C)C.I. The van der Waals surface area contributed by atoms with Crippen LogP contribution in [0.15, 0.2) is 34.2 Å². The number of guanidine groups is 1. The molecule has 0 aromatic heterocycles. The molecule has 1 aliphatic heterocycles. The monoisotopic (exact) mass is 539 g/mol. The Bertz CT molecular complexity index is 871. The number of benzene rings is 1. The van der Waals surface area contributed by atoms with E-state index < -0.39 is 14.9 Å². The number of rotatable bonds is 7. The molecule has 1 aromatic carbocycles. The number of halogens is 1. The lowest BCUT2D eigenvalue weighted by Gasteiger charge is -2.62. The summed E-state index contributed by atoms with van der Waals surface area (Å²) in [6, 6.07) is 4.97. The lowest BCUT2D eigenvalue weighted by atomic mass is 9.65. The van der Waals surface area contributed by atoms with Crippen LogP contribution in [0.1, 0.15) is 34.6 Å². The number of hydrogen-bond donors (Lipinski definition) is 2. The van der Waals surface area contributed by atoms with Crippen LogP contribution in [0, 0.1) is 15.5 Å². The Morgan fingerprint density at radius 3 is 2.48 bits per heavy atom. The van der Waals surface area contributed by atoms with Gasteiger partial charge in [0.25, 0.3) is 5.69 Å². The van der Waals surface area contributed by atoms with Crippen LogP contribution < -0.4 is 10.0 Å². The number of hydrogen-bond acceptors (Lipinski definition) is 5. The lowest BCUT2D eigenvalue weighted by Crippen LogP contribution is -2.72. The molecule has 9 nitrogen and oxygen atoms in total. The molecule has 29 heavy (non-hydrogen) atoms. The van der Waals surface area contributed by atoms with Crippen molar-refractivity contribution in [3.63, 3.8) is 0 Å². The summed E-state index contributed by atoms with van der Waals surface area (Å²) >= 11 is 0. The first-order valence-corrected chi connectivity index (χ1v) is 10.7. The van der Waals surface area contributed by atoms with E-state index in [2.05, 4.69) is 47.6 Å². The van der Waals surface area contributed by atoms with Gasteiger partial charge in [-0.1, -0.05) is 19.9 Å². The minimum Gasteiger partial charge on any atom is -0.356 e. The maximum absolute atomic E-state index is 12.4. The molecule has 0 atom stereocenters. The molecular weight excluding hydrogens is 509 g/mol. The van der Waals surface area contributed by atoms with Crippen molar-refractivity contribution in [2.45, 2.75) is 45.1 Å². The van der Waals surface area contributed by atoms with E-state index in [9.17, 15) is 18.5 Å². The summed E-state index contributed by atoms with van der Waals surface area (Å²) < 4.78 is 27.2. The van der Waals surface area contributed by atoms with E-state index in [1.54, 1.807) is 0 Å². The van der Waals surface area contributed by atoms with Crippen LogP contribution >= 0.6 is 24.0 Å². The third kappa shape index (κ3) is 5.57. The predicted octanol–water partition coefficient (Wildman–Crippen LogP) is 2.58. The predicted molar refractivity (Wildman–Crippen MR) is 124 cm³/mol. The average Bonchev–Trinajstić information content (AvgIpc) is 2.62. The van der Waals surface area contributed by atoms with Crippen LogP contribution in [-0.2, 0) is 10.0 Å². The number of aliphatic imine (C=N–C) groups is 1. The Morgan fingerprint density at radius 1 is 1.31 bits per heavy atom. The molecule has 0 saturated carbocycles. The third-order valence-electron chi connectivity index (χ3n) is 5.48. The van der Waals surface area contributed by atoms with Crippen molar-refractivity contribution in [3.05, 3.63) is 34.4 Å². The second-order valence-corrected chi connectivity index (χ2v) is 9.68. The molecule has 0 aliphatic carbocycles. The zero-order valence-electron chi connectivity index (χ0n) is 17.4. The summed E-state index contributed by atoms with van der Waals surface area (Å²) in [5.74, 6) is 0.751. The second kappa shape index (κ2) is 9.56. The lowest BCUT2D eigenvalue weighted by molar-refractivity contribution is -0.385. The molecule has 0 unspecified atom stereocenters. The Kier molecular flexibility index (Phi) is 8.43. The van der Waals surface area contributed by atoms with Crippen LogP contribution in [0.4, 0.5) is 5.69 Å². The summed E-state index contributed by atoms with van der Waals surface area (Å²) in [6.07, 6.45) is 0. The highest BCUT2D eigenvalue weighted by molar-refractivity contribution is 14.0. The number of likely N-dealkylation sites (tertiary alicyclic amines) is 1. The number of non-ortho nitro benzene ring substituents is 1. The van der Waals surface area contributed by atoms with Crippen molar-refractivity contribution in [1.29, 1.82) is 0 Å². The molecule has 0 bridgehead atoms. The maximum atomic E-state index is 12.4. The van der Waals surface area contributed by atoms with Gasteiger partial charge in [-0.3, -0.25) is 15.1 Å². The normalized spacial score (nSPS) is 17.8. The van der Waals surface area contributed by atoms with Gasteiger partial charge in [0.15, 0.2) is 5.96 Å². The van der Waals surface area contributed by atoms with Crippen LogP contribution in [0.5, 0.6) is 0 Å². The molecule has 1 saturated heterocycles. The molecular formula is C18H30IN5O4S. The Balaban J connectivity index is 0.00000420. The summed E-state index contributed by atoms with van der Waals surface area (Å²) in [4.78, 5) is 16.8. The number of sulfonamides is 1. The first kappa shape index (κ1) is 25.6. The molecule has 1 heterocycles. The Hall–Kier alpha value is -1.47. The van der Waals surface area contributed by atoms with E-state index in [0.29, 0.717) is 6.54 Å². The molecule has 2 rings (SSSR count). The summed E-state index contributed by atoms with van der Waals surface area (Å²) in [5, 5.41) is 14.1. The number of nitro benzene ring substituents is 1. The molecule has 1 aliphatic rings. The highest BCUT2D eigenvalue weighted by Crippen LogP contribution is 2.46. The van der Waals surface area contributed by atoms with E-state index in [-0.39, 0.29) is 58.6 Å². The quantitative estimate of drug-likeness (QED) is 0.137. The van der Waals surface area contributed by atoms with Gasteiger partial charge < -0.3 is 10.2 Å². The number of nitrogens with one attached hydrogen (secondary N) is 2. The van der Waals surface area contributed by atoms with Gasteiger partial charge >= 0.3 is 0 Å². The fourth-order valence-corrected chi connectivity index (χ4v) is 4.04. The zero-order valence-corrected chi connectivity index (χ0v) is 20.6. The van der Waals surface area contributed by atoms with Crippen LogP contribution in [-0.4, -0.2) is 55.9 Å². The van der Waals surface area contributed by atoms with Gasteiger partial charge in [0.1, 0.15) is 0 Å². The fraction of sp³-hybridized carbons (Fsp3) is 0.611. The minimum atomic E-state index is -3.84. The first-order chi connectivity index (χ1) is 12.9. The van der Waals surface area contributed by atoms with Gasteiger partial charge in [-0.25, -0.2) is 13.1 Å². The first-order valence-electron chi connectivity index (χ1n) is 9.22. The summed E-state index contributed by atoms with van der Waals surface area (Å²) in [6.45, 7) is 12.7. The molecule has 1 aromatic rings. The standard InChI is InChI=1S/C18H29N5O4S.HI/c1-6-19-16(22-13-17(2,3)18(22,4)5)20-10-11-21-28(26,27)15-9-7-8-14(12-15)23(24)25;/h7-9,12,21H,6,10-11,13H2,1-5H3,(H,19,20);1H. The van der Waals surface area contributed by atoms with Crippen molar-refractivity contribution < 1.29 is 13.3 Å². The van der Waals surface area contributed by atoms with Crippen molar-refractivity contribution in [2.24, 2.45) is 10.4 Å². The molecule has 164 valence electrons. The van der Waals surface area contributed by atoms with Gasteiger partial charge in [-0.2, -0.15) is 0 Å². The molecule has 0 spiro atoms. The Labute approximate surface area is 189 Å². The molecule has 1 fully saturated rings. The van der Waals surface area contributed by atoms with E-state index >= 15 is 0 Å². The molecule has 0 amide bonds. The molecule has 11 heteroatoms. The van der Waals surface area contributed by atoms with Crippen molar-refractivity contribution in [1.82, 2.24) is 14.9 Å². The van der Waals surface area contributed by atoms with Gasteiger partial charge in [0, 0.05) is 42.7 Å². The second-order valence-electron chi connectivity index (χ2n) is 7.92. The largest absolute Gasteiger partial charge is 0.356 e. The van der Waals surface area contributed by atoms with Crippen LogP contribution in [0.2, 0.25) is 0 Å². The van der Waals surface area contributed by atoms with E-state index in [4.69, 9.17) is 0 Å². The van der Waals surface area contributed by atoms with Crippen LogP contribution in [0.3, 0.4) is 0 Å². The van der Waals surface area contributed by atoms with Crippen molar-refractivity contribution >= 4 is 45.6 Å².